The van der Waals surface area contributed by atoms with Gasteiger partial charge in [-0.05, 0) is 42.8 Å². The number of hydrogen-bond acceptors (Lipinski definition) is 4. The van der Waals surface area contributed by atoms with Gasteiger partial charge in [-0.15, -0.1) is 11.8 Å². The van der Waals surface area contributed by atoms with Crippen molar-refractivity contribution in [2.24, 2.45) is 0 Å². The standard InChI is InChI=1S/C18H21NO3S/c1-13-5-3-4-6-18(13)22-11-16(21)12-23-17-9-7-15(8-10-17)19-14(2)20/h3-10,16,21H,11-12H2,1-2H3,(H,19,20)/t16-/m0/s1. The molecular weight excluding hydrogens is 310 g/mol. The first-order chi connectivity index (χ1) is 11.0. The number of carbonyl (C=O) groups is 1. The van der Waals surface area contributed by atoms with Crippen LogP contribution in [0.5, 0.6) is 5.75 Å². The van der Waals surface area contributed by atoms with Crippen LogP contribution in [0.1, 0.15) is 12.5 Å². The molecule has 2 aromatic carbocycles. The number of rotatable bonds is 7. The van der Waals surface area contributed by atoms with E-state index in [1.165, 1.54) is 6.92 Å². The lowest BCUT2D eigenvalue weighted by molar-refractivity contribution is -0.114. The molecule has 2 rings (SSSR count). The summed E-state index contributed by atoms with van der Waals surface area (Å²) in [6.45, 7) is 3.72. The van der Waals surface area contributed by atoms with Crippen LogP contribution in [0.25, 0.3) is 0 Å². The summed E-state index contributed by atoms with van der Waals surface area (Å²) in [5.74, 6) is 1.26. The fourth-order valence-corrected chi connectivity index (χ4v) is 2.79. The molecule has 0 bridgehead atoms. The van der Waals surface area contributed by atoms with E-state index in [1.54, 1.807) is 11.8 Å². The van der Waals surface area contributed by atoms with Crippen molar-refractivity contribution in [3.63, 3.8) is 0 Å². The number of anilines is 1. The van der Waals surface area contributed by atoms with Crippen molar-refractivity contribution in [3.05, 3.63) is 54.1 Å². The van der Waals surface area contributed by atoms with Crippen molar-refractivity contribution in [1.82, 2.24) is 0 Å². The van der Waals surface area contributed by atoms with E-state index in [-0.39, 0.29) is 12.5 Å². The molecule has 0 radical (unpaired) electrons. The summed E-state index contributed by atoms with van der Waals surface area (Å²) in [5.41, 5.74) is 1.83. The average Bonchev–Trinajstić information content (AvgIpc) is 2.53. The number of thioether (sulfide) groups is 1. The van der Waals surface area contributed by atoms with E-state index in [0.29, 0.717) is 5.75 Å². The van der Waals surface area contributed by atoms with Crippen LogP contribution in [0.3, 0.4) is 0 Å². The van der Waals surface area contributed by atoms with Gasteiger partial charge in [-0.3, -0.25) is 4.79 Å². The minimum atomic E-state index is -0.547. The van der Waals surface area contributed by atoms with Crippen molar-refractivity contribution in [3.8, 4) is 5.75 Å². The number of aryl methyl sites for hydroxylation is 1. The molecule has 0 heterocycles. The predicted octanol–water partition coefficient (Wildman–Crippen LogP) is 3.49. The summed E-state index contributed by atoms with van der Waals surface area (Å²) in [6, 6.07) is 15.3. The Bertz CT molecular complexity index is 643. The maximum atomic E-state index is 11.0. The van der Waals surface area contributed by atoms with E-state index in [1.807, 2.05) is 55.5 Å². The summed E-state index contributed by atoms with van der Waals surface area (Å²) in [4.78, 5) is 12.0. The minimum Gasteiger partial charge on any atom is -0.491 e. The zero-order chi connectivity index (χ0) is 16.7. The molecule has 2 N–H and O–H groups in total. The third kappa shape index (κ3) is 5.96. The molecule has 4 nitrogen and oxygen atoms in total. The molecular formula is C18H21NO3S. The Morgan fingerprint density at radius 1 is 1.22 bits per heavy atom. The zero-order valence-electron chi connectivity index (χ0n) is 13.3. The number of amides is 1. The van der Waals surface area contributed by atoms with Gasteiger partial charge in [0, 0.05) is 23.3 Å². The van der Waals surface area contributed by atoms with E-state index in [4.69, 9.17) is 4.74 Å². The normalized spacial score (nSPS) is 11.8. The van der Waals surface area contributed by atoms with Gasteiger partial charge in [0.05, 0.1) is 6.10 Å². The second-order valence-corrected chi connectivity index (χ2v) is 6.34. The van der Waals surface area contributed by atoms with Crippen LogP contribution in [0.4, 0.5) is 5.69 Å². The Balaban J connectivity index is 1.76. The number of aliphatic hydroxyl groups is 1. The molecule has 2 aromatic rings. The highest BCUT2D eigenvalue weighted by molar-refractivity contribution is 7.99. The molecule has 0 fully saturated rings. The third-order valence-electron chi connectivity index (χ3n) is 3.14. The summed E-state index contributed by atoms with van der Waals surface area (Å²) in [7, 11) is 0. The molecule has 5 heteroatoms. The maximum absolute atomic E-state index is 11.0. The van der Waals surface area contributed by atoms with Gasteiger partial charge in [-0.2, -0.15) is 0 Å². The number of carbonyl (C=O) groups excluding carboxylic acids is 1. The molecule has 122 valence electrons. The molecule has 0 saturated carbocycles. The highest BCUT2D eigenvalue weighted by atomic mass is 32.2. The number of aliphatic hydroxyl groups excluding tert-OH is 1. The van der Waals surface area contributed by atoms with E-state index >= 15 is 0 Å². The first kappa shape index (κ1) is 17.4. The Labute approximate surface area is 140 Å². The smallest absolute Gasteiger partial charge is 0.221 e. The molecule has 0 aliphatic carbocycles. The fourth-order valence-electron chi connectivity index (χ4n) is 1.98. The first-order valence-corrected chi connectivity index (χ1v) is 8.40. The van der Waals surface area contributed by atoms with E-state index in [9.17, 15) is 9.90 Å². The Morgan fingerprint density at radius 2 is 1.91 bits per heavy atom. The van der Waals surface area contributed by atoms with Gasteiger partial charge in [-0.1, -0.05) is 18.2 Å². The molecule has 0 saturated heterocycles. The quantitative estimate of drug-likeness (QED) is 0.763. The molecule has 0 aliphatic rings. The molecule has 23 heavy (non-hydrogen) atoms. The van der Waals surface area contributed by atoms with Gasteiger partial charge in [0.15, 0.2) is 0 Å². The molecule has 0 aromatic heterocycles. The Morgan fingerprint density at radius 3 is 2.57 bits per heavy atom. The lowest BCUT2D eigenvalue weighted by atomic mass is 10.2. The highest BCUT2D eigenvalue weighted by Crippen LogP contribution is 2.22. The van der Waals surface area contributed by atoms with Crippen molar-refractivity contribution < 1.29 is 14.6 Å². The van der Waals surface area contributed by atoms with Crippen molar-refractivity contribution in [2.45, 2.75) is 24.8 Å². The molecule has 0 aliphatic heterocycles. The lowest BCUT2D eigenvalue weighted by Gasteiger charge is -2.13. The van der Waals surface area contributed by atoms with E-state index in [0.717, 1.165) is 21.9 Å². The van der Waals surface area contributed by atoms with E-state index < -0.39 is 6.10 Å². The third-order valence-corrected chi connectivity index (χ3v) is 4.30. The maximum Gasteiger partial charge on any atom is 0.221 e. The molecule has 1 amide bonds. The van der Waals surface area contributed by atoms with Crippen LogP contribution in [0, 0.1) is 6.92 Å². The molecule has 1 atom stereocenters. The number of nitrogens with one attached hydrogen (secondary N) is 1. The van der Waals surface area contributed by atoms with Crippen LogP contribution in [-0.4, -0.2) is 29.5 Å². The summed E-state index contributed by atoms with van der Waals surface area (Å²) in [6.07, 6.45) is -0.547. The van der Waals surface area contributed by atoms with Gasteiger partial charge >= 0.3 is 0 Å². The number of hydrogen-bond donors (Lipinski definition) is 2. The largest absolute Gasteiger partial charge is 0.491 e. The first-order valence-electron chi connectivity index (χ1n) is 7.41. The van der Waals surface area contributed by atoms with Gasteiger partial charge in [0.1, 0.15) is 12.4 Å². The summed E-state index contributed by atoms with van der Waals surface area (Å²) < 4.78 is 5.64. The topological polar surface area (TPSA) is 58.6 Å². The number of ether oxygens (including phenoxy) is 1. The SMILES string of the molecule is CC(=O)Nc1ccc(SC[C@@H](O)COc2ccccc2C)cc1. The zero-order valence-corrected chi connectivity index (χ0v) is 14.1. The van der Waals surface area contributed by atoms with E-state index in [2.05, 4.69) is 5.32 Å². The van der Waals surface area contributed by atoms with Gasteiger partial charge in [0.2, 0.25) is 5.91 Å². The monoisotopic (exact) mass is 331 g/mol. The summed E-state index contributed by atoms with van der Waals surface area (Å²) in [5, 5.41) is 12.8. The van der Waals surface area contributed by atoms with Crippen LogP contribution in [0.2, 0.25) is 0 Å². The molecule has 0 spiro atoms. The predicted molar refractivity (Wildman–Crippen MR) is 94.2 cm³/mol. The number of para-hydroxylation sites is 1. The second-order valence-electron chi connectivity index (χ2n) is 5.25. The average molecular weight is 331 g/mol. The molecule has 0 unspecified atom stereocenters. The van der Waals surface area contributed by atoms with Crippen molar-refractivity contribution >= 4 is 23.4 Å². The number of benzene rings is 2. The van der Waals surface area contributed by atoms with Crippen LogP contribution in [-0.2, 0) is 4.79 Å². The van der Waals surface area contributed by atoms with Crippen LogP contribution in [0.15, 0.2) is 53.4 Å². The van der Waals surface area contributed by atoms with Crippen LogP contribution >= 0.6 is 11.8 Å². The Hall–Kier alpha value is -1.98. The lowest BCUT2D eigenvalue weighted by Crippen LogP contribution is -2.20. The fraction of sp³-hybridized carbons (Fsp3) is 0.278. The Kier molecular flexibility index (Phi) is 6.50. The van der Waals surface area contributed by atoms with Crippen molar-refractivity contribution in [1.29, 1.82) is 0 Å². The van der Waals surface area contributed by atoms with Gasteiger partial charge < -0.3 is 15.2 Å². The summed E-state index contributed by atoms with van der Waals surface area (Å²) >= 11 is 1.55. The second kappa shape index (κ2) is 8.60. The minimum absolute atomic E-state index is 0.0887. The van der Waals surface area contributed by atoms with Gasteiger partial charge in [-0.25, -0.2) is 0 Å². The van der Waals surface area contributed by atoms with Crippen molar-refractivity contribution in [2.75, 3.05) is 17.7 Å². The highest BCUT2D eigenvalue weighted by Gasteiger charge is 2.07. The van der Waals surface area contributed by atoms with Gasteiger partial charge in [0.25, 0.3) is 0 Å². The van der Waals surface area contributed by atoms with Crippen LogP contribution < -0.4 is 10.1 Å².